The molecule has 0 atom stereocenters. The van der Waals surface area contributed by atoms with Gasteiger partial charge in [-0.05, 0) is 12.1 Å². The highest BCUT2D eigenvalue weighted by molar-refractivity contribution is 5.85. The first-order valence-electron chi connectivity index (χ1n) is 5.48. The van der Waals surface area contributed by atoms with E-state index in [9.17, 15) is 26.3 Å². The van der Waals surface area contributed by atoms with Crippen LogP contribution in [0.1, 0.15) is 5.89 Å². The standard InChI is InChI=1S/C11H8F6N2O2/c12-10(13,14)9(11(15,16)17)20-4-7-19-8-5(18)2-1-3-6(8)21-7/h1-3,9H,4,18H2. The Balaban J connectivity index is 2.18. The molecule has 0 amide bonds. The minimum atomic E-state index is -5.58. The summed E-state index contributed by atoms with van der Waals surface area (Å²) in [5.41, 5.74) is 6.01. The first-order valence-corrected chi connectivity index (χ1v) is 5.48. The second kappa shape index (κ2) is 5.10. The molecule has 0 spiro atoms. The number of nitrogens with zero attached hydrogens (tertiary/aromatic N) is 1. The zero-order chi connectivity index (χ0) is 15.8. The van der Waals surface area contributed by atoms with Gasteiger partial charge in [-0.15, -0.1) is 0 Å². The second-order valence-corrected chi connectivity index (χ2v) is 4.08. The maximum absolute atomic E-state index is 12.3. The summed E-state index contributed by atoms with van der Waals surface area (Å²) in [7, 11) is 0. The third-order valence-electron chi connectivity index (χ3n) is 2.46. The molecule has 10 heteroatoms. The maximum atomic E-state index is 12.3. The number of fused-ring (bicyclic) bond motifs is 1. The molecular formula is C11H8F6N2O2. The summed E-state index contributed by atoms with van der Waals surface area (Å²) in [5, 5.41) is 0. The zero-order valence-electron chi connectivity index (χ0n) is 10.1. The number of anilines is 1. The molecule has 1 aromatic carbocycles. The van der Waals surface area contributed by atoms with Crippen LogP contribution in [0.3, 0.4) is 0 Å². The summed E-state index contributed by atoms with van der Waals surface area (Å²) < 4.78 is 82.5. The number of benzene rings is 1. The summed E-state index contributed by atoms with van der Waals surface area (Å²) in [6, 6.07) is 4.39. The molecular weight excluding hydrogens is 306 g/mol. The van der Waals surface area contributed by atoms with Crippen LogP contribution >= 0.6 is 0 Å². The Bertz CT molecular complexity index is 620. The van der Waals surface area contributed by atoms with Gasteiger partial charge in [-0.1, -0.05) is 6.07 Å². The number of rotatable bonds is 3. The lowest BCUT2D eigenvalue weighted by Gasteiger charge is -2.22. The van der Waals surface area contributed by atoms with Gasteiger partial charge in [0.05, 0.1) is 5.69 Å². The normalized spacial score (nSPS) is 13.3. The van der Waals surface area contributed by atoms with Gasteiger partial charge in [-0.3, -0.25) is 0 Å². The SMILES string of the molecule is Nc1cccc2oc(COC(C(F)(F)F)C(F)(F)F)nc12. The van der Waals surface area contributed by atoms with E-state index >= 15 is 0 Å². The molecule has 0 aliphatic heterocycles. The largest absolute Gasteiger partial charge is 0.438 e. The molecule has 2 N–H and O–H groups in total. The third kappa shape index (κ3) is 3.38. The molecule has 1 aromatic heterocycles. The number of nitrogens with two attached hydrogens (primary N) is 1. The number of hydrogen-bond donors (Lipinski definition) is 1. The van der Waals surface area contributed by atoms with Crippen LogP contribution in [0.25, 0.3) is 11.1 Å². The number of nitrogen functional groups attached to an aromatic ring is 1. The molecule has 0 bridgehead atoms. The van der Waals surface area contributed by atoms with E-state index in [1.54, 1.807) is 0 Å². The third-order valence-corrected chi connectivity index (χ3v) is 2.46. The molecule has 0 saturated heterocycles. The number of ether oxygens (including phenoxy) is 1. The van der Waals surface area contributed by atoms with E-state index in [-0.39, 0.29) is 16.8 Å². The lowest BCUT2D eigenvalue weighted by atomic mass is 10.3. The van der Waals surface area contributed by atoms with E-state index in [1.165, 1.54) is 18.2 Å². The number of para-hydroxylation sites is 1. The Hall–Kier alpha value is -1.97. The summed E-state index contributed by atoms with van der Waals surface area (Å²) in [6.07, 6.45) is -15.1. The highest BCUT2D eigenvalue weighted by Gasteiger charge is 2.58. The lowest BCUT2D eigenvalue weighted by molar-refractivity contribution is -0.325. The molecule has 0 aliphatic carbocycles. The Morgan fingerprint density at radius 3 is 2.29 bits per heavy atom. The fourth-order valence-electron chi connectivity index (χ4n) is 1.61. The number of halogens is 6. The first kappa shape index (κ1) is 15.4. The van der Waals surface area contributed by atoms with Gasteiger partial charge >= 0.3 is 12.4 Å². The van der Waals surface area contributed by atoms with Crippen LogP contribution in [0.5, 0.6) is 0 Å². The van der Waals surface area contributed by atoms with E-state index in [4.69, 9.17) is 10.2 Å². The van der Waals surface area contributed by atoms with Crippen molar-refractivity contribution in [3.8, 4) is 0 Å². The van der Waals surface area contributed by atoms with Gasteiger partial charge in [0.15, 0.2) is 5.58 Å². The molecule has 0 radical (unpaired) electrons. The average Bonchev–Trinajstić information content (AvgIpc) is 2.70. The van der Waals surface area contributed by atoms with Crippen LogP contribution in [0.15, 0.2) is 22.6 Å². The molecule has 0 unspecified atom stereocenters. The van der Waals surface area contributed by atoms with Crippen molar-refractivity contribution in [1.29, 1.82) is 0 Å². The predicted molar refractivity (Wildman–Crippen MR) is 59.1 cm³/mol. The van der Waals surface area contributed by atoms with Gasteiger partial charge in [-0.25, -0.2) is 4.98 Å². The number of oxazole rings is 1. The van der Waals surface area contributed by atoms with Crippen molar-refractivity contribution in [3.05, 3.63) is 24.1 Å². The van der Waals surface area contributed by atoms with Crippen molar-refractivity contribution in [2.45, 2.75) is 25.1 Å². The lowest BCUT2D eigenvalue weighted by Crippen LogP contribution is -2.44. The van der Waals surface area contributed by atoms with Crippen molar-refractivity contribution >= 4 is 16.8 Å². The monoisotopic (exact) mass is 314 g/mol. The molecule has 0 aliphatic rings. The molecule has 2 rings (SSSR count). The minimum absolute atomic E-state index is 0.143. The van der Waals surface area contributed by atoms with Crippen molar-refractivity contribution < 1.29 is 35.5 Å². The average molecular weight is 314 g/mol. The van der Waals surface area contributed by atoms with Crippen LogP contribution in [-0.4, -0.2) is 23.4 Å². The Labute approximate surface area is 113 Å². The van der Waals surface area contributed by atoms with Crippen LogP contribution in [0.4, 0.5) is 32.0 Å². The van der Waals surface area contributed by atoms with Gasteiger partial charge in [-0.2, -0.15) is 26.3 Å². The number of aromatic nitrogens is 1. The molecule has 4 nitrogen and oxygen atoms in total. The van der Waals surface area contributed by atoms with E-state index in [0.717, 1.165) is 0 Å². The summed E-state index contributed by atoms with van der Waals surface area (Å²) in [4.78, 5) is 3.70. The van der Waals surface area contributed by atoms with Crippen LogP contribution in [-0.2, 0) is 11.3 Å². The highest BCUT2D eigenvalue weighted by Crippen LogP contribution is 2.36. The molecule has 116 valence electrons. The topological polar surface area (TPSA) is 61.3 Å². The predicted octanol–water partition coefficient (Wildman–Crippen LogP) is 3.42. The van der Waals surface area contributed by atoms with E-state index < -0.39 is 31.0 Å². The van der Waals surface area contributed by atoms with Gasteiger partial charge in [0, 0.05) is 0 Å². The summed E-state index contributed by atoms with van der Waals surface area (Å²) in [5.74, 6) is -0.429. The Kier molecular flexibility index (Phi) is 3.74. The zero-order valence-corrected chi connectivity index (χ0v) is 10.1. The van der Waals surface area contributed by atoms with Crippen molar-refractivity contribution in [3.63, 3.8) is 0 Å². The fourth-order valence-corrected chi connectivity index (χ4v) is 1.61. The quantitative estimate of drug-likeness (QED) is 0.696. The van der Waals surface area contributed by atoms with E-state index in [0.29, 0.717) is 0 Å². The van der Waals surface area contributed by atoms with Crippen molar-refractivity contribution in [2.75, 3.05) is 5.73 Å². The Morgan fingerprint density at radius 1 is 1.14 bits per heavy atom. The molecule has 0 saturated carbocycles. The minimum Gasteiger partial charge on any atom is -0.438 e. The number of alkyl halides is 6. The molecule has 0 fully saturated rings. The molecule has 1 heterocycles. The van der Waals surface area contributed by atoms with Crippen LogP contribution < -0.4 is 5.73 Å². The smallest absolute Gasteiger partial charge is 0.423 e. The fraction of sp³-hybridized carbons (Fsp3) is 0.364. The van der Waals surface area contributed by atoms with Crippen molar-refractivity contribution in [2.24, 2.45) is 0 Å². The van der Waals surface area contributed by atoms with Crippen LogP contribution in [0, 0.1) is 0 Å². The van der Waals surface area contributed by atoms with Gasteiger partial charge in [0.1, 0.15) is 12.1 Å². The summed E-state index contributed by atoms with van der Waals surface area (Å²) >= 11 is 0. The van der Waals surface area contributed by atoms with E-state index in [2.05, 4.69) is 9.72 Å². The second-order valence-electron chi connectivity index (χ2n) is 4.08. The van der Waals surface area contributed by atoms with Crippen molar-refractivity contribution in [1.82, 2.24) is 4.98 Å². The first-order chi connectivity index (χ1) is 9.59. The molecule has 2 aromatic rings. The van der Waals surface area contributed by atoms with Gasteiger partial charge in [0.25, 0.3) is 0 Å². The van der Waals surface area contributed by atoms with Gasteiger partial charge in [0.2, 0.25) is 12.0 Å². The maximum Gasteiger partial charge on any atom is 0.423 e. The Morgan fingerprint density at radius 2 is 1.76 bits per heavy atom. The summed E-state index contributed by atoms with van der Waals surface area (Å²) in [6.45, 7) is -1.09. The van der Waals surface area contributed by atoms with Gasteiger partial charge < -0.3 is 14.9 Å². The molecule has 21 heavy (non-hydrogen) atoms. The number of hydrogen-bond acceptors (Lipinski definition) is 4. The van der Waals surface area contributed by atoms with E-state index in [1.807, 2.05) is 0 Å². The van der Waals surface area contributed by atoms with Crippen LogP contribution in [0.2, 0.25) is 0 Å². The highest BCUT2D eigenvalue weighted by atomic mass is 19.4.